The lowest BCUT2D eigenvalue weighted by Gasteiger charge is -2.14. The third-order valence-corrected chi connectivity index (χ3v) is 5.44. The van der Waals surface area contributed by atoms with Crippen LogP contribution in [0.2, 0.25) is 0 Å². The molecule has 1 aromatic heterocycles. The molecule has 24 heavy (non-hydrogen) atoms. The van der Waals surface area contributed by atoms with Gasteiger partial charge in [-0.2, -0.15) is 16.9 Å². The lowest BCUT2D eigenvalue weighted by molar-refractivity contribution is 0.236. The number of thioether (sulfide) groups is 1. The summed E-state index contributed by atoms with van der Waals surface area (Å²) in [7, 11) is 0. The number of carbonyl (C=O) groups excluding carboxylic acids is 1. The number of rotatable bonds is 6. The highest BCUT2D eigenvalue weighted by Crippen LogP contribution is 2.27. The summed E-state index contributed by atoms with van der Waals surface area (Å²) in [6, 6.07) is 8.41. The highest BCUT2D eigenvalue weighted by molar-refractivity contribution is 7.99. The second-order valence-electron chi connectivity index (χ2n) is 6.10. The molecular formula is C17H23N5OS. The van der Waals surface area contributed by atoms with E-state index in [4.69, 9.17) is 0 Å². The lowest BCUT2D eigenvalue weighted by Crippen LogP contribution is -2.40. The van der Waals surface area contributed by atoms with Gasteiger partial charge in [-0.15, -0.1) is 0 Å². The summed E-state index contributed by atoms with van der Waals surface area (Å²) in [5.41, 5.74) is 2.24. The summed E-state index contributed by atoms with van der Waals surface area (Å²) in [6.45, 7) is 1.24. The molecule has 1 aliphatic carbocycles. The fourth-order valence-corrected chi connectivity index (χ4v) is 3.76. The normalized spacial score (nSPS) is 20.0. The third kappa shape index (κ3) is 4.74. The van der Waals surface area contributed by atoms with Crippen molar-refractivity contribution in [2.45, 2.75) is 43.6 Å². The Bertz CT molecular complexity index is 644. The van der Waals surface area contributed by atoms with Crippen molar-refractivity contribution >= 4 is 17.8 Å². The molecule has 2 N–H and O–H groups in total. The number of nitrogens with zero attached hydrogens (tertiary/aromatic N) is 3. The van der Waals surface area contributed by atoms with Crippen LogP contribution in [0.15, 0.2) is 36.9 Å². The third-order valence-electron chi connectivity index (χ3n) is 4.34. The quantitative estimate of drug-likeness (QED) is 0.843. The number of nitrogens with one attached hydrogen (secondary N) is 2. The standard InChI is InChI=1S/C17H23N5OS/c1-24-16-7-6-15(8-16)21-17(23)19-9-13-2-4-14(5-3-13)10-22-12-18-11-20-22/h2-5,11-12,15-16H,6-10H2,1H3,(H2,19,21,23)/t15-,16-/m0/s1. The van der Waals surface area contributed by atoms with Crippen molar-refractivity contribution in [3.05, 3.63) is 48.0 Å². The van der Waals surface area contributed by atoms with Gasteiger partial charge < -0.3 is 10.6 Å². The van der Waals surface area contributed by atoms with E-state index in [9.17, 15) is 4.79 Å². The number of aromatic nitrogens is 3. The fraction of sp³-hybridized carbons (Fsp3) is 0.471. The van der Waals surface area contributed by atoms with Crippen LogP contribution in [-0.2, 0) is 13.1 Å². The van der Waals surface area contributed by atoms with Crippen molar-refractivity contribution in [1.82, 2.24) is 25.4 Å². The van der Waals surface area contributed by atoms with Crippen molar-refractivity contribution in [2.24, 2.45) is 0 Å². The van der Waals surface area contributed by atoms with Crippen LogP contribution in [0.3, 0.4) is 0 Å². The maximum absolute atomic E-state index is 12.0. The van der Waals surface area contributed by atoms with Gasteiger partial charge in [0.2, 0.25) is 0 Å². The highest BCUT2D eigenvalue weighted by Gasteiger charge is 2.24. The Kier molecular flexibility index (Phi) is 5.74. The van der Waals surface area contributed by atoms with Crippen LogP contribution in [0, 0.1) is 0 Å². The first-order valence-corrected chi connectivity index (χ1v) is 9.49. The van der Waals surface area contributed by atoms with E-state index in [2.05, 4.69) is 39.1 Å². The van der Waals surface area contributed by atoms with Gasteiger partial charge in [0.15, 0.2) is 0 Å². The minimum absolute atomic E-state index is 0.0755. The van der Waals surface area contributed by atoms with E-state index in [1.165, 1.54) is 12.7 Å². The van der Waals surface area contributed by atoms with E-state index in [0.717, 1.165) is 24.0 Å². The Morgan fingerprint density at radius 3 is 2.75 bits per heavy atom. The molecule has 0 radical (unpaired) electrons. The van der Waals surface area contributed by atoms with Crippen LogP contribution in [0.4, 0.5) is 4.79 Å². The predicted octanol–water partition coefficient (Wildman–Crippen LogP) is 2.41. The molecule has 0 spiro atoms. The molecule has 1 heterocycles. The zero-order valence-corrected chi connectivity index (χ0v) is 14.6. The fourth-order valence-electron chi connectivity index (χ4n) is 2.97. The van der Waals surface area contributed by atoms with Crippen LogP contribution >= 0.6 is 11.8 Å². The summed E-state index contributed by atoms with van der Waals surface area (Å²) < 4.78 is 1.78. The number of hydrogen-bond donors (Lipinski definition) is 2. The van der Waals surface area contributed by atoms with Gasteiger partial charge in [0.1, 0.15) is 12.7 Å². The van der Waals surface area contributed by atoms with Gasteiger partial charge in [-0.05, 0) is 36.6 Å². The minimum atomic E-state index is -0.0755. The van der Waals surface area contributed by atoms with Crippen molar-refractivity contribution in [2.75, 3.05) is 6.26 Å². The number of carbonyl (C=O) groups is 1. The van der Waals surface area contributed by atoms with Gasteiger partial charge in [0.05, 0.1) is 6.54 Å². The average molecular weight is 345 g/mol. The number of urea groups is 1. The van der Waals surface area contributed by atoms with Crippen LogP contribution in [-0.4, -0.2) is 38.3 Å². The molecule has 0 bridgehead atoms. The van der Waals surface area contributed by atoms with Crippen LogP contribution in [0.25, 0.3) is 0 Å². The minimum Gasteiger partial charge on any atom is -0.335 e. The molecule has 1 saturated carbocycles. The maximum atomic E-state index is 12.0. The first kappa shape index (κ1) is 16.8. The lowest BCUT2D eigenvalue weighted by atomic mass is 10.1. The monoisotopic (exact) mass is 345 g/mol. The van der Waals surface area contributed by atoms with E-state index in [1.54, 1.807) is 11.0 Å². The van der Waals surface area contributed by atoms with Gasteiger partial charge in [0.25, 0.3) is 0 Å². The Labute approximate surface area is 146 Å². The molecule has 2 atom stereocenters. The molecule has 128 valence electrons. The number of hydrogen-bond acceptors (Lipinski definition) is 4. The van der Waals surface area contributed by atoms with Gasteiger partial charge in [-0.1, -0.05) is 24.3 Å². The number of benzene rings is 1. The molecule has 1 aromatic carbocycles. The van der Waals surface area contributed by atoms with Crippen molar-refractivity contribution < 1.29 is 4.79 Å². The summed E-state index contributed by atoms with van der Waals surface area (Å²) in [6.07, 6.45) is 8.72. The first-order valence-electron chi connectivity index (χ1n) is 8.20. The van der Waals surface area contributed by atoms with E-state index in [0.29, 0.717) is 24.4 Å². The Morgan fingerprint density at radius 2 is 2.08 bits per heavy atom. The predicted molar refractivity (Wildman–Crippen MR) is 95.9 cm³/mol. The van der Waals surface area contributed by atoms with Crippen molar-refractivity contribution in [1.29, 1.82) is 0 Å². The second-order valence-corrected chi connectivity index (χ2v) is 7.24. The van der Waals surface area contributed by atoms with Crippen molar-refractivity contribution in [3.63, 3.8) is 0 Å². The second kappa shape index (κ2) is 8.19. The summed E-state index contributed by atoms with van der Waals surface area (Å²) in [5.74, 6) is 0. The van der Waals surface area contributed by atoms with Gasteiger partial charge in [-0.3, -0.25) is 0 Å². The summed E-state index contributed by atoms with van der Waals surface area (Å²) in [5, 5.41) is 10.8. The molecule has 3 rings (SSSR count). The van der Waals surface area contributed by atoms with Crippen LogP contribution in [0.5, 0.6) is 0 Å². The average Bonchev–Trinajstić information content (AvgIpc) is 3.26. The van der Waals surface area contributed by atoms with Gasteiger partial charge in [-0.25, -0.2) is 14.5 Å². The van der Waals surface area contributed by atoms with Crippen LogP contribution < -0.4 is 10.6 Å². The molecule has 0 saturated heterocycles. The smallest absolute Gasteiger partial charge is 0.315 e. The Hall–Kier alpha value is -2.02. The van der Waals surface area contributed by atoms with E-state index in [-0.39, 0.29) is 6.03 Å². The topological polar surface area (TPSA) is 71.8 Å². The highest BCUT2D eigenvalue weighted by atomic mass is 32.2. The summed E-state index contributed by atoms with van der Waals surface area (Å²) in [4.78, 5) is 15.9. The summed E-state index contributed by atoms with van der Waals surface area (Å²) >= 11 is 1.89. The Morgan fingerprint density at radius 1 is 1.29 bits per heavy atom. The molecule has 7 heteroatoms. The first-order chi connectivity index (χ1) is 11.7. The van der Waals surface area contributed by atoms with Crippen LogP contribution in [0.1, 0.15) is 30.4 Å². The van der Waals surface area contributed by atoms with Gasteiger partial charge in [0, 0.05) is 17.8 Å². The molecule has 1 fully saturated rings. The Balaban J connectivity index is 1.42. The van der Waals surface area contributed by atoms with E-state index < -0.39 is 0 Å². The molecule has 0 aliphatic heterocycles. The molecule has 0 unspecified atom stereocenters. The zero-order chi connectivity index (χ0) is 16.8. The maximum Gasteiger partial charge on any atom is 0.315 e. The van der Waals surface area contributed by atoms with E-state index in [1.807, 2.05) is 23.9 Å². The molecule has 2 aromatic rings. The SMILES string of the molecule is CS[C@H]1CC[C@H](NC(=O)NCc2ccc(Cn3cncn3)cc2)C1. The van der Waals surface area contributed by atoms with Gasteiger partial charge >= 0.3 is 6.03 Å². The molecule has 6 nitrogen and oxygen atoms in total. The molecular weight excluding hydrogens is 322 g/mol. The molecule has 1 aliphatic rings. The zero-order valence-electron chi connectivity index (χ0n) is 13.8. The number of amides is 2. The van der Waals surface area contributed by atoms with E-state index >= 15 is 0 Å². The van der Waals surface area contributed by atoms with Crippen molar-refractivity contribution in [3.8, 4) is 0 Å². The molecule has 2 amide bonds. The largest absolute Gasteiger partial charge is 0.335 e.